The van der Waals surface area contributed by atoms with Crippen LogP contribution in [0.3, 0.4) is 0 Å². The van der Waals surface area contributed by atoms with Gasteiger partial charge in [-0.1, -0.05) is 57.9 Å². The number of aryl methyl sites for hydroxylation is 1. The van der Waals surface area contributed by atoms with Crippen molar-refractivity contribution in [1.82, 2.24) is 16.0 Å². The lowest BCUT2D eigenvalue weighted by Crippen LogP contribution is -2.55. The molecule has 5 N–H and O–H groups in total. The highest BCUT2D eigenvalue weighted by Gasteiger charge is 2.38. The van der Waals surface area contributed by atoms with Crippen molar-refractivity contribution in [2.24, 2.45) is 0 Å². The van der Waals surface area contributed by atoms with Crippen molar-refractivity contribution < 1.29 is 60.5 Å². The molecule has 2 amide bonds. The number of alkyl halides is 3. The number of ether oxygens (including phenoxy) is 1. The van der Waals surface area contributed by atoms with Crippen LogP contribution in [0.4, 0.5) is 26.7 Å². The molecule has 0 heterocycles. The summed E-state index contributed by atoms with van der Waals surface area (Å²) in [4.78, 5) is 40.3. The molecular formula is C35H47F5N4O8S. The number of carboxylic acids is 1. The van der Waals surface area contributed by atoms with E-state index in [2.05, 4.69) is 28.9 Å². The molecule has 3 atom stereocenters. The maximum Gasteiger partial charge on any atom is 0.490 e. The largest absolute Gasteiger partial charge is 0.490 e. The minimum atomic E-state index is -5.08. The minimum Gasteiger partial charge on any atom is -0.475 e. The van der Waals surface area contributed by atoms with E-state index in [0.29, 0.717) is 6.54 Å². The van der Waals surface area contributed by atoms with E-state index in [1.54, 1.807) is 0 Å². The van der Waals surface area contributed by atoms with Gasteiger partial charge in [-0.05, 0) is 54.5 Å². The Bertz CT molecular complexity index is 1420. The molecule has 18 heteroatoms. The number of hydrogen-bond acceptors (Lipinski definition) is 10. The van der Waals surface area contributed by atoms with E-state index in [1.807, 2.05) is 38.1 Å². The minimum absolute atomic E-state index is 0.0274. The average Bonchev–Trinajstić information content (AvgIpc) is 3.09. The van der Waals surface area contributed by atoms with Crippen molar-refractivity contribution in [3.8, 4) is 6.07 Å². The number of carbonyl (C=O) groups excluding carboxylic acids is 2. The van der Waals surface area contributed by atoms with Crippen LogP contribution < -0.4 is 16.0 Å². The monoisotopic (exact) mass is 778 g/mol. The fraction of sp³-hybridized carbons (Fsp3) is 0.543. The number of alkyl carbamates (subject to hydrolysis) is 1. The van der Waals surface area contributed by atoms with Crippen LogP contribution in [0, 0.1) is 23.0 Å². The predicted octanol–water partition coefficient (Wildman–Crippen LogP) is 5.91. The van der Waals surface area contributed by atoms with Gasteiger partial charge in [0.1, 0.15) is 24.3 Å². The molecule has 2 rings (SSSR count). The second-order valence-corrected chi connectivity index (χ2v) is 12.4. The molecule has 0 saturated carbocycles. The Labute approximate surface area is 309 Å². The van der Waals surface area contributed by atoms with Gasteiger partial charge in [0.15, 0.2) is 0 Å². The number of aliphatic carboxylic acids is 1. The molecule has 0 unspecified atom stereocenters. The smallest absolute Gasteiger partial charge is 0.475 e. The molecular weight excluding hydrogens is 731 g/mol. The Kier molecular flexibility index (Phi) is 22.9. The van der Waals surface area contributed by atoms with Crippen molar-refractivity contribution in [3.63, 3.8) is 0 Å². The van der Waals surface area contributed by atoms with Gasteiger partial charge < -0.3 is 30.9 Å². The summed E-state index contributed by atoms with van der Waals surface area (Å²) in [6.45, 7) is 6.45. The summed E-state index contributed by atoms with van der Waals surface area (Å²) >= 11 is 0.818. The molecule has 0 bridgehead atoms. The van der Waals surface area contributed by atoms with Crippen LogP contribution >= 0.6 is 12.0 Å². The summed E-state index contributed by atoms with van der Waals surface area (Å²) in [7, 11) is 0. The van der Waals surface area contributed by atoms with Gasteiger partial charge in [0.25, 0.3) is 0 Å². The lowest BCUT2D eigenvalue weighted by atomic mass is 10.00. The molecule has 0 radical (unpaired) electrons. The van der Waals surface area contributed by atoms with Gasteiger partial charge in [0, 0.05) is 31.2 Å². The first-order valence-electron chi connectivity index (χ1n) is 16.9. The Morgan fingerprint density at radius 2 is 1.58 bits per heavy atom. The van der Waals surface area contributed by atoms with Gasteiger partial charge in [-0.2, -0.15) is 22.8 Å². The first kappa shape index (κ1) is 47.0. The first-order chi connectivity index (χ1) is 25.1. The average molecular weight is 779 g/mol. The van der Waals surface area contributed by atoms with Crippen LogP contribution in [0.1, 0.15) is 69.6 Å². The lowest BCUT2D eigenvalue weighted by molar-refractivity contribution is -0.234. The quantitative estimate of drug-likeness (QED) is 0.0316. The molecule has 0 aliphatic rings. The topological polar surface area (TPSA) is 179 Å². The zero-order chi connectivity index (χ0) is 39.8. The van der Waals surface area contributed by atoms with Crippen molar-refractivity contribution >= 4 is 30.0 Å². The molecule has 2 aromatic carbocycles. The summed E-state index contributed by atoms with van der Waals surface area (Å²) in [6.07, 6.45) is -3.17. The zero-order valence-electron chi connectivity index (χ0n) is 29.7. The summed E-state index contributed by atoms with van der Waals surface area (Å²) in [6, 6.07) is 10.6. The molecule has 0 fully saturated rings. The Balaban J connectivity index is 0.00000181. The van der Waals surface area contributed by atoms with Crippen molar-refractivity contribution in [2.45, 2.75) is 103 Å². The molecule has 53 heavy (non-hydrogen) atoms. The standard InChI is InChI=1S/C33H46F2N4O6S.C2HF3O2/c1-4-9-28(10-5-2)44-45-46-22-30(39-33(42)43-14-8-13-36)32(41)38-29(18-25-16-26(34)19-27(35)17-25)31(40)21-37-20-24-12-7-11-23(6-3)15-24;3-2(4,5)1(6)7/h7,11-12,15-17,19,28-31,37,40H,4-6,8-10,14,18,20-22H2,1-3H3,(H,38,41)(H,39,42);(H,6,7)/t29-,30+,31+;/m0./s1. The third kappa shape index (κ3) is 20.7. The van der Waals surface area contributed by atoms with Crippen LogP contribution in [0.25, 0.3) is 0 Å². The third-order valence-electron chi connectivity index (χ3n) is 7.23. The number of aliphatic hydroxyl groups is 1. The molecule has 0 aromatic heterocycles. The Hall–Kier alpha value is -4.02. The van der Waals surface area contributed by atoms with Crippen molar-refractivity contribution in [3.05, 3.63) is 70.8 Å². The molecule has 0 saturated heterocycles. The third-order valence-corrected chi connectivity index (χ3v) is 7.87. The van der Waals surface area contributed by atoms with Crippen LogP contribution in [-0.2, 0) is 42.9 Å². The Morgan fingerprint density at radius 1 is 0.962 bits per heavy atom. The molecule has 12 nitrogen and oxygen atoms in total. The Morgan fingerprint density at radius 3 is 2.15 bits per heavy atom. The van der Waals surface area contributed by atoms with E-state index in [-0.39, 0.29) is 43.4 Å². The SMILES string of the molecule is CCCC(CCC)OOSC[C@@H](NC(=O)OCCC#N)C(=O)N[C@@H](Cc1cc(F)cc(F)c1)[C@H](O)CNCc1cccc(CC)c1.O=C(O)C(F)(F)F. The van der Waals surface area contributed by atoms with E-state index in [9.17, 15) is 36.6 Å². The van der Waals surface area contributed by atoms with Crippen LogP contribution in [-0.4, -0.2) is 77.6 Å². The maximum absolute atomic E-state index is 14.0. The highest BCUT2D eigenvalue weighted by molar-refractivity contribution is 7.94. The summed E-state index contributed by atoms with van der Waals surface area (Å²) in [5.74, 6) is -5.12. The maximum atomic E-state index is 14.0. The van der Waals surface area contributed by atoms with Gasteiger partial charge in [0.05, 0.1) is 36.5 Å². The second kappa shape index (κ2) is 25.9. The number of benzene rings is 2. The second-order valence-electron chi connectivity index (χ2n) is 11.7. The number of amides is 2. The van der Waals surface area contributed by atoms with Crippen molar-refractivity contribution in [1.29, 1.82) is 5.26 Å². The number of rotatable bonds is 22. The van der Waals surface area contributed by atoms with E-state index >= 15 is 0 Å². The number of carbonyl (C=O) groups is 3. The van der Waals surface area contributed by atoms with Gasteiger partial charge >= 0.3 is 18.2 Å². The number of hydrogen-bond donors (Lipinski definition) is 5. The fourth-order valence-electron chi connectivity index (χ4n) is 4.64. The number of aliphatic hydroxyl groups excluding tert-OH is 1. The van der Waals surface area contributed by atoms with Crippen LogP contribution in [0.5, 0.6) is 0 Å². The van der Waals surface area contributed by atoms with Crippen LogP contribution in [0.2, 0.25) is 0 Å². The number of nitrogens with zero attached hydrogens (tertiary/aromatic N) is 1. The predicted molar refractivity (Wildman–Crippen MR) is 186 cm³/mol. The number of carboxylic acid groups (broad SMARTS) is 1. The molecule has 296 valence electrons. The highest BCUT2D eigenvalue weighted by atomic mass is 32.2. The summed E-state index contributed by atoms with van der Waals surface area (Å²) in [5, 5.41) is 35.4. The van der Waals surface area contributed by atoms with E-state index in [0.717, 1.165) is 67.9 Å². The van der Waals surface area contributed by atoms with Gasteiger partial charge in [-0.15, -0.1) is 0 Å². The number of halogens is 5. The molecule has 2 aromatic rings. The molecule has 0 spiro atoms. The van der Waals surface area contributed by atoms with Gasteiger partial charge in [0.2, 0.25) is 5.91 Å². The fourth-order valence-corrected chi connectivity index (χ4v) is 5.23. The van der Waals surface area contributed by atoms with Gasteiger partial charge in [-0.3, -0.25) is 4.79 Å². The van der Waals surface area contributed by atoms with Crippen molar-refractivity contribution in [2.75, 3.05) is 18.9 Å². The highest BCUT2D eigenvalue weighted by Crippen LogP contribution is 2.17. The summed E-state index contributed by atoms with van der Waals surface area (Å²) < 4.78 is 70.0. The van der Waals surface area contributed by atoms with Crippen LogP contribution in [0.15, 0.2) is 42.5 Å². The molecule has 0 aliphatic carbocycles. The first-order valence-corrected chi connectivity index (χ1v) is 17.8. The number of nitriles is 1. The number of nitrogens with one attached hydrogen (secondary N) is 3. The van der Waals surface area contributed by atoms with E-state index in [4.69, 9.17) is 29.1 Å². The zero-order valence-corrected chi connectivity index (χ0v) is 30.5. The van der Waals surface area contributed by atoms with E-state index in [1.165, 1.54) is 5.56 Å². The summed E-state index contributed by atoms with van der Waals surface area (Å²) in [5.41, 5.74) is 2.40. The van der Waals surface area contributed by atoms with Gasteiger partial charge in [-0.25, -0.2) is 23.3 Å². The van der Waals surface area contributed by atoms with E-state index < -0.39 is 54.0 Å². The lowest BCUT2D eigenvalue weighted by Gasteiger charge is -2.27. The molecule has 0 aliphatic heterocycles. The normalized spacial score (nSPS) is 12.8.